The number of aliphatic hydroxyl groups is 1. The summed E-state index contributed by atoms with van der Waals surface area (Å²) in [6.45, 7) is 7.27. The third kappa shape index (κ3) is 72.2. The standard InChI is InChI=1S/C78H152O17P2/c1-6-9-12-15-18-21-23-25-27-29-30-31-32-34-36-38-43-48-53-58-63-77(82)95-74(68-89-76(81)62-57-52-47-42-37-35-33-28-26-24-22-19-16-13-10-7-2)70-93-97(86,87)91-66-72(79)65-90-96(84,85)92-69-73(67-88-75(80)61-56-51-46-20-17-14-11-8-3)94-78(83)64-59-54-49-44-40-39-41-45-50-55-60-71(4)5/h71-74,79H,6-70H2,1-5H3,(H,84,85)(H,86,87)/t72-,73+,74+/m0/s1. The van der Waals surface area contributed by atoms with E-state index in [1.807, 2.05) is 0 Å². The Labute approximate surface area is 594 Å². The number of unbranched alkanes of at least 4 members (excludes halogenated alkanes) is 50. The van der Waals surface area contributed by atoms with Gasteiger partial charge in [0.05, 0.1) is 26.4 Å². The fourth-order valence-corrected chi connectivity index (χ4v) is 13.6. The molecule has 17 nitrogen and oxygen atoms in total. The number of carbonyl (C=O) groups is 4. The first kappa shape index (κ1) is 95.1. The van der Waals surface area contributed by atoms with E-state index in [2.05, 4.69) is 34.6 Å². The van der Waals surface area contributed by atoms with Crippen molar-refractivity contribution < 1.29 is 80.2 Å². The minimum absolute atomic E-state index is 0.106. The molecule has 0 aromatic rings. The van der Waals surface area contributed by atoms with Crippen LogP contribution in [0.15, 0.2) is 0 Å². The number of phosphoric acid groups is 2. The number of hydrogen-bond donors (Lipinski definition) is 3. The molecule has 5 atom stereocenters. The van der Waals surface area contributed by atoms with Crippen LogP contribution in [0.1, 0.15) is 413 Å². The van der Waals surface area contributed by atoms with Gasteiger partial charge in [-0.2, -0.15) is 0 Å². The van der Waals surface area contributed by atoms with Crippen LogP contribution in [-0.2, 0) is 65.4 Å². The summed E-state index contributed by atoms with van der Waals surface area (Å²) in [6, 6.07) is 0. The van der Waals surface area contributed by atoms with Crippen molar-refractivity contribution in [2.75, 3.05) is 39.6 Å². The van der Waals surface area contributed by atoms with Crippen molar-refractivity contribution >= 4 is 39.5 Å². The van der Waals surface area contributed by atoms with Crippen molar-refractivity contribution in [3.63, 3.8) is 0 Å². The number of rotatable bonds is 78. The third-order valence-corrected chi connectivity index (χ3v) is 20.2. The Balaban J connectivity index is 5.19. The monoisotopic (exact) mass is 1420 g/mol. The first-order chi connectivity index (χ1) is 47.0. The van der Waals surface area contributed by atoms with Crippen LogP contribution in [0, 0.1) is 5.92 Å². The van der Waals surface area contributed by atoms with E-state index in [-0.39, 0.29) is 25.7 Å². The van der Waals surface area contributed by atoms with Crippen LogP contribution in [0.2, 0.25) is 0 Å². The van der Waals surface area contributed by atoms with Crippen LogP contribution in [0.4, 0.5) is 0 Å². The molecule has 19 heteroatoms. The van der Waals surface area contributed by atoms with Crippen molar-refractivity contribution in [2.24, 2.45) is 5.92 Å². The van der Waals surface area contributed by atoms with Crippen LogP contribution in [0.5, 0.6) is 0 Å². The van der Waals surface area contributed by atoms with Gasteiger partial charge in [-0.3, -0.25) is 37.3 Å². The fourth-order valence-electron chi connectivity index (χ4n) is 12.1. The second-order valence-corrected chi connectivity index (χ2v) is 31.5. The average molecular weight is 1420 g/mol. The predicted octanol–water partition coefficient (Wildman–Crippen LogP) is 23.3. The lowest BCUT2D eigenvalue weighted by Gasteiger charge is -2.21. The van der Waals surface area contributed by atoms with Gasteiger partial charge in [-0.15, -0.1) is 0 Å². The SMILES string of the molecule is CCCCCCCCCCCCCCCCCCCCCCC(=O)O[C@H](COC(=O)CCCCCCCCCCCCCCCCCC)COP(=O)(O)OC[C@@H](O)COP(=O)(O)OC[C@@H](COC(=O)CCCCCCCCCC)OC(=O)CCCCCCCCCCCCC(C)C. The van der Waals surface area contributed by atoms with Gasteiger partial charge < -0.3 is 33.8 Å². The Morgan fingerprint density at radius 3 is 0.701 bits per heavy atom. The minimum atomic E-state index is -4.96. The summed E-state index contributed by atoms with van der Waals surface area (Å²) < 4.78 is 68.5. The molecule has 0 saturated carbocycles. The molecule has 2 unspecified atom stereocenters. The molecule has 0 saturated heterocycles. The number of carbonyl (C=O) groups excluding carboxylic acids is 4. The highest BCUT2D eigenvalue weighted by molar-refractivity contribution is 7.47. The molecular weight excluding hydrogens is 1270 g/mol. The smallest absolute Gasteiger partial charge is 0.462 e. The molecule has 0 rings (SSSR count). The number of phosphoric ester groups is 2. The summed E-state index contributed by atoms with van der Waals surface area (Å²) in [7, 11) is -9.91. The highest BCUT2D eigenvalue weighted by atomic mass is 31.2. The van der Waals surface area contributed by atoms with Crippen molar-refractivity contribution in [3.8, 4) is 0 Å². The second kappa shape index (κ2) is 71.1. The van der Waals surface area contributed by atoms with Crippen LogP contribution < -0.4 is 0 Å². The predicted molar refractivity (Wildman–Crippen MR) is 395 cm³/mol. The lowest BCUT2D eigenvalue weighted by atomic mass is 10.0. The van der Waals surface area contributed by atoms with Crippen LogP contribution in [0.3, 0.4) is 0 Å². The Hall–Kier alpha value is -1.94. The van der Waals surface area contributed by atoms with Crippen LogP contribution >= 0.6 is 15.6 Å². The largest absolute Gasteiger partial charge is 0.472 e. The number of hydrogen-bond acceptors (Lipinski definition) is 15. The van der Waals surface area contributed by atoms with E-state index in [9.17, 15) is 43.2 Å². The highest BCUT2D eigenvalue weighted by Crippen LogP contribution is 2.45. The maximum Gasteiger partial charge on any atom is 0.472 e. The van der Waals surface area contributed by atoms with E-state index >= 15 is 0 Å². The van der Waals surface area contributed by atoms with Gasteiger partial charge in [-0.05, 0) is 31.6 Å². The van der Waals surface area contributed by atoms with Gasteiger partial charge in [0.1, 0.15) is 19.3 Å². The highest BCUT2D eigenvalue weighted by Gasteiger charge is 2.30. The van der Waals surface area contributed by atoms with E-state index in [0.717, 1.165) is 102 Å². The Kier molecular flexibility index (Phi) is 69.6. The summed E-state index contributed by atoms with van der Waals surface area (Å²) in [6.07, 6.45) is 61.2. The molecule has 0 spiro atoms. The summed E-state index contributed by atoms with van der Waals surface area (Å²) in [5.74, 6) is -1.36. The normalized spacial score (nSPS) is 13.9. The molecule has 0 bridgehead atoms. The van der Waals surface area contributed by atoms with E-state index in [1.54, 1.807) is 0 Å². The topological polar surface area (TPSA) is 237 Å². The third-order valence-electron chi connectivity index (χ3n) is 18.3. The molecular formula is C78H152O17P2. The maximum absolute atomic E-state index is 13.1. The molecule has 0 heterocycles. The molecule has 0 fully saturated rings. The Bertz CT molecular complexity index is 1860. The lowest BCUT2D eigenvalue weighted by Crippen LogP contribution is -2.30. The minimum Gasteiger partial charge on any atom is -0.462 e. The van der Waals surface area contributed by atoms with Crippen molar-refractivity contribution in [3.05, 3.63) is 0 Å². The molecule has 0 aliphatic carbocycles. The zero-order valence-electron chi connectivity index (χ0n) is 63.2. The van der Waals surface area contributed by atoms with E-state index < -0.39 is 97.5 Å². The van der Waals surface area contributed by atoms with Gasteiger partial charge in [0.25, 0.3) is 0 Å². The number of esters is 4. The summed E-state index contributed by atoms with van der Waals surface area (Å²) in [5, 5.41) is 10.6. The summed E-state index contributed by atoms with van der Waals surface area (Å²) in [4.78, 5) is 72.8. The van der Waals surface area contributed by atoms with Crippen LogP contribution in [0.25, 0.3) is 0 Å². The van der Waals surface area contributed by atoms with E-state index in [4.69, 9.17) is 37.0 Å². The van der Waals surface area contributed by atoms with Gasteiger partial charge in [0, 0.05) is 25.7 Å². The van der Waals surface area contributed by atoms with E-state index in [1.165, 1.54) is 231 Å². The zero-order valence-corrected chi connectivity index (χ0v) is 65.0. The van der Waals surface area contributed by atoms with Crippen LogP contribution in [-0.4, -0.2) is 96.7 Å². The molecule has 0 aliphatic heterocycles. The average Bonchev–Trinajstić information content (AvgIpc) is 2.59. The van der Waals surface area contributed by atoms with Crippen molar-refractivity contribution in [1.29, 1.82) is 0 Å². The molecule has 0 aromatic carbocycles. The number of ether oxygens (including phenoxy) is 4. The van der Waals surface area contributed by atoms with Crippen molar-refractivity contribution in [1.82, 2.24) is 0 Å². The summed E-state index contributed by atoms with van der Waals surface area (Å²) in [5.41, 5.74) is 0. The van der Waals surface area contributed by atoms with Crippen molar-refractivity contribution in [2.45, 2.75) is 432 Å². The molecule has 576 valence electrons. The Morgan fingerprint density at radius 2 is 0.474 bits per heavy atom. The molecule has 3 N–H and O–H groups in total. The molecule has 0 aromatic heterocycles. The van der Waals surface area contributed by atoms with Gasteiger partial charge in [-0.25, -0.2) is 9.13 Å². The molecule has 0 radical (unpaired) electrons. The van der Waals surface area contributed by atoms with Gasteiger partial charge in [0.2, 0.25) is 0 Å². The Morgan fingerprint density at radius 1 is 0.278 bits per heavy atom. The second-order valence-electron chi connectivity index (χ2n) is 28.6. The maximum atomic E-state index is 13.1. The summed E-state index contributed by atoms with van der Waals surface area (Å²) >= 11 is 0. The van der Waals surface area contributed by atoms with Gasteiger partial charge >= 0.3 is 39.5 Å². The fraction of sp³-hybridized carbons (Fsp3) is 0.949. The molecule has 97 heavy (non-hydrogen) atoms. The molecule has 0 amide bonds. The first-order valence-electron chi connectivity index (χ1n) is 40.6. The lowest BCUT2D eigenvalue weighted by molar-refractivity contribution is -0.161. The zero-order chi connectivity index (χ0) is 71.2. The molecule has 0 aliphatic rings. The van der Waals surface area contributed by atoms with Gasteiger partial charge in [-0.1, -0.05) is 362 Å². The van der Waals surface area contributed by atoms with Gasteiger partial charge in [0.15, 0.2) is 12.2 Å². The van der Waals surface area contributed by atoms with E-state index in [0.29, 0.717) is 25.7 Å². The number of aliphatic hydroxyl groups excluding tert-OH is 1. The quantitative estimate of drug-likeness (QED) is 0.0222. The first-order valence-corrected chi connectivity index (χ1v) is 43.6.